The molecule has 100 valence electrons. The average molecular weight is 293 g/mol. The van der Waals surface area contributed by atoms with Gasteiger partial charge in [0.05, 0.1) is 10.4 Å². The van der Waals surface area contributed by atoms with E-state index in [0.717, 1.165) is 18.2 Å². The molecule has 1 aromatic heterocycles. The maximum absolute atomic E-state index is 13.3. The molecule has 0 unspecified atom stereocenters. The quantitative estimate of drug-likeness (QED) is 0.624. The van der Waals surface area contributed by atoms with Gasteiger partial charge in [-0.2, -0.15) is 13.2 Å². The summed E-state index contributed by atoms with van der Waals surface area (Å²) in [5.41, 5.74) is -0.889. The fourth-order valence-corrected chi connectivity index (χ4v) is 2.08. The summed E-state index contributed by atoms with van der Waals surface area (Å²) in [4.78, 5) is 14.3. The Bertz CT molecular complexity index is 614. The third kappa shape index (κ3) is 2.62. The van der Waals surface area contributed by atoms with Gasteiger partial charge in [-0.25, -0.2) is 13.8 Å². The number of hydrogen-bond donors (Lipinski definition) is 0. The number of aromatic nitrogens is 1. The Hall–Kier alpha value is -1.83. The topological polar surface area (TPSA) is 30.0 Å². The molecule has 19 heavy (non-hydrogen) atoms. The second-order valence-corrected chi connectivity index (χ2v) is 4.48. The van der Waals surface area contributed by atoms with Gasteiger partial charge in [-0.05, 0) is 12.1 Å². The van der Waals surface area contributed by atoms with Crippen molar-refractivity contribution in [3.8, 4) is 0 Å². The van der Waals surface area contributed by atoms with Crippen molar-refractivity contribution in [2.24, 2.45) is 0 Å². The summed E-state index contributed by atoms with van der Waals surface area (Å²) in [6.45, 7) is 0. The van der Waals surface area contributed by atoms with Gasteiger partial charge in [0.15, 0.2) is 5.01 Å². The van der Waals surface area contributed by atoms with Gasteiger partial charge in [-0.15, -0.1) is 11.3 Å². The Morgan fingerprint density at radius 2 is 1.74 bits per heavy atom. The van der Waals surface area contributed by atoms with Crippen molar-refractivity contribution in [1.29, 1.82) is 0 Å². The molecule has 0 saturated carbocycles. The maximum Gasteiger partial charge on any atom is 0.443 e. The van der Waals surface area contributed by atoms with E-state index in [9.17, 15) is 26.7 Å². The molecule has 8 heteroatoms. The van der Waals surface area contributed by atoms with Crippen LogP contribution in [-0.4, -0.2) is 10.8 Å². The fourth-order valence-electron chi connectivity index (χ4n) is 1.35. The predicted octanol–water partition coefficient (Wildman–Crippen LogP) is 3.67. The number of nitrogens with zero attached hydrogens (tertiary/aromatic N) is 1. The first kappa shape index (κ1) is 13.6. The normalized spacial score (nSPS) is 11.6. The third-order valence-corrected chi connectivity index (χ3v) is 3.20. The number of thiazole rings is 1. The summed E-state index contributed by atoms with van der Waals surface area (Å²) in [6.07, 6.45) is -4.04. The number of halogens is 5. The molecule has 0 aliphatic heterocycles. The lowest BCUT2D eigenvalue weighted by Crippen LogP contribution is -2.05. The molecule has 2 rings (SSSR count). The molecule has 0 aliphatic rings. The van der Waals surface area contributed by atoms with E-state index >= 15 is 0 Å². The molecule has 0 spiro atoms. The summed E-state index contributed by atoms with van der Waals surface area (Å²) in [5.74, 6) is -3.43. The zero-order valence-corrected chi connectivity index (χ0v) is 9.78. The minimum Gasteiger partial charge on any atom is -0.287 e. The summed E-state index contributed by atoms with van der Waals surface area (Å²) < 4.78 is 63.6. The van der Waals surface area contributed by atoms with Crippen molar-refractivity contribution in [3.05, 3.63) is 51.5 Å². The second kappa shape index (κ2) is 4.69. The van der Waals surface area contributed by atoms with Gasteiger partial charge < -0.3 is 0 Å². The molecule has 2 nitrogen and oxygen atoms in total. The highest BCUT2D eigenvalue weighted by molar-refractivity contribution is 7.13. The maximum atomic E-state index is 13.3. The Kier molecular flexibility index (Phi) is 3.36. The van der Waals surface area contributed by atoms with E-state index in [1.807, 2.05) is 0 Å². The molecule has 0 amide bonds. The van der Waals surface area contributed by atoms with E-state index < -0.39 is 39.0 Å². The lowest BCUT2D eigenvalue weighted by molar-refractivity contribution is -0.137. The van der Waals surface area contributed by atoms with Crippen LogP contribution in [-0.2, 0) is 6.18 Å². The minimum atomic E-state index is -4.70. The van der Waals surface area contributed by atoms with E-state index in [2.05, 4.69) is 4.98 Å². The SMILES string of the molecule is O=C(c1cnc(C(F)(F)F)s1)c1c(F)cccc1F. The highest BCUT2D eigenvalue weighted by Gasteiger charge is 2.35. The zero-order valence-electron chi connectivity index (χ0n) is 8.96. The predicted molar refractivity (Wildman–Crippen MR) is 56.9 cm³/mol. The molecule has 0 bridgehead atoms. The Morgan fingerprint density at radius 3 is 2.21 bits per heavy atom. The molecule has 0 atom stereocenters. The van der Waals surface area contributed by atoms with Crippen LogP contribution in [0.25, 0.3) is 0 Å². The van der Waals surface area contributed by atoms with Gasteiger partial charge in [0.2, 0.25) is 5.78 Å². The van der Waals surface area contributed by atoms with Gasteiger partial charge in [0.1, 0.15) is 11.6 Å². The Balaban J connectivity index is 2.43. The number of ketones is 1. The van der Waals surface area contributed by atoms with Crippen LogP contribution in [0.2, 0.25) is 0 Å². The van der Waals surface area contributed by atoms with Gasteiger partial charge in [0.25, 0.3) is 0 Å². The molecule has 1 aromatic carbocycles. The summed E-state index contributed by atoms with van der Waals surface area (Å²) in [7, 11) is 0. The lowest BCUT2D eigenvalue weighted by atomic mass is 10.1. The number of carbonyl (C=O) groups excluding carboxylic acids is 1. The third-order valence-electron chi connectivity index (χ3n) is 2.16. The second-order valence-electron chi connectivity index (χ2n) is 3.45. The molecule has 0 fully saturated rings. The highest BCUT2D eigenvalue weighted by Crippen LogP contribution is 2.33. The number of hydrogen-bond acceptors (Lipinski definition) is 3. The van der Waals surface area contributed by atoms with Crippen molar-refractivity contribution in [2.75, 3.05) is 0 Å². The van der Waals surface area contributed by atoms with Crippen LogP contribution in [0.5, 0.6) is 0 Å². The number of carbonyl (C=O) groups is 1. The first-order chi connectivity index (χ1) is 8.80. The first-order valence-corrected chi connectivity index (χ1v) is 5.64. The minimum absolute atomic E-state index is 0.0412. The zero-order chi connectivity index (χ0) is 14.2. The Labute approximate surface area is 107 Å². The highest BCUT2D eigenvalue weighted by atomic mass is 32.1. The summed E-state index contributed by atoms with van der Waals surface area (Å²) in [5, 5.41) is -1.24. The van der Waals surface area contributed by atoms with E-state index in [4.69, 9.17) is 0 Å². The fraction of sp³-hybridized carbons (Fsp3) is 0.0909. The summed E-state index contributed by atoms with van der Waals surface area (Å²) >= 11 is 0.0412. The molecular formula is C11H4F5NOS. The van der Waals surface area contributed by atoms with Crippen molar-refractivity contribution >= 4 is 17.1 Å². The smallest absolute Gasteiger partial charge is 0.287 e. The molecule has 2 aromatic rings. The summed E-state index contributed by atoms with van der Waals surface area (Å²) in [6, 6.07) is 2.75. The number of rotatable bonds is 2. The average Bonchev–Trinajstić information content (AvgIpc) is 2.77. The van der Waals surface area contributed by atoms with Crippen LogP contribution in [0.3, 0.4) is 0 Å². The van der Waals surface area contributed by atoms with Crippen molar-refractivity contribution in [3.63, 3.8) is 0 Å². The van der Waals surface area contributed by atoms with E-state index in [1.54, 1.807) is 0 Å². The molecular weight excluding hydrogens is 289 g/mol. The monoisotopic (exact) mass is 293 g/mol. The molecule has 1 heterocycles. The standard InChI is InChI=1S/C11H4F5NOS/c12-5-2-1-3-6(13)8(5)9(18)7-4-17-10(19-7)11(14,15)16/h1-4H. The van der Waals surface area contributed by atoms with Gasteiger partial charge in [-0.3, -0.25) is 4.79 Å². The van der Waals surface area contributed by atoms with Crippen molar-refractivity contribution < 1.29 is 26.7 Å². The molecule has 0 radical (unpaired) electrons. The number of alkyl halides is 3. The van der Waals surface area contributed by atoms with E-state index in [-0.39, 0.29) is 11.3 Å². The molecule has 0 N–H and O–H groups in total. The Morgan fingerprint density at radius 1 is 1.16 bits per heavy atom. The van der Waals surface area contributed by atoms with Crippen molar-refractivity contribution in [2.45, 2.75) is 6.18 Å². The lowest BCUT2D eigenvalue weighted by Gasteiger charge is -2.01. The van der Waals surface area contributed by atoms with Crippen molar-refractivity contribution in [1.82, 2.24) is 4.98 Å². The molecule has 0 aliphatic carbocycles. The van der Waals surface area contributed by atoms with Crippen LogP contribution in [0.4, 0.5) is 22.0 Å². The van der Waals surface area contributed by atoms with Crippen LogP contribution >= 0.6 is 11.3 Å². The van der Waals surface area contributed by atoms with E-state index in [0.29, 0.717) is 6.20 Å². The number of benzene rings is 1. The molecule has 0 saturated heterocycles. The van der Waals surface area contributed by atoms with Gasteiger partial charge in [0, 0.05) is 6.20 Å². The first-order valence-electron chi connectivity index (χ1n) is 4.82. The van der Waals surface area contributed by atoms with E-state index in [1.165, 1.54) is 0 Å². The van der Waals surface area contributed by atoms with Crippen LogP contribution in [0.1, 0.15) is 20.2 Å². The van der Waals surface area contributed by atoms with Crippen LogP contribution < -0.4 is 0 Å². The largest absolute Gasteiger partial charge is 0.443 e. The van der Waals surface area contributed by atoms with Gasteiger partial charge >= 0.3 is 6.18 Å². The van der Waals surface area contributed by atoms with Crippen LogP contribution in [0.15, 0.2) is 24.4 Å². The van der Waals surface area contributed by atoms with Gasteiger partial charge in [-0.1, -0.05) is 6.07 Å². The van der Waals surface area contributed by atoms with Crippen LogP contribution in [0, 0.1) is 11.6 Å².